The van der Waals surface area contributed by atoms with E-state index in [2.05, 4.69) is 98.4 Å². The zero-order chi connectivity index (χ0) is 14.2. The van der Waals surface area contributed by atoms with E-state index in [4.69, 9.17) is 0 Å². The Balaban J connectivity index is 2.69. The quantitative estimate of drug-likeness (QED) is 0.521. The van der Waals surface area contributed by atoms with Crippen LogP contribution in [0.15, 0.2) is 36.5 Å². The van der Waals surface area contributed by atoms with E-state index in [9.17, 15) is 0 Å². The highest BCUT2D eigenvalue weighted by atomic mass is 127. The predicted octanol–water partition coefficient (Wildman–Crippen LogP) is 4.39. The first kappa shape index (κ1) is 14.5. The fourth-order valence-electron chi connectivity index (χ4n) is 2.24. The monoisotopic (exact) mass is 366 g/mol. The number of rotatable bonds is 1. The average Bonchev–Trinajstić information content (AvgIpc) is 2.29. The normalized spacial score (nSPS) is 11.7. The van der Waals surface area contributed by atoms with Crippen LogP contribution < -0.4 is 4.57 Å². The number of aromatic nitrogens is 1. The Labute approximate surface area is 129 Å². The summed E-state index contributed by atoms with van der Waals surface area (Å²) < 4.78 is 3.51. The summed E-state index contributed by atoms with van der Waals surface area (Å²) in [5, 5.41) is 0. The Morgan fingerprint density at radius 2 is 1.79 bits per heavy atom. The summed E-state index contributed by atoms with van der Waals surface area (Å²) in [5.74, 6) is 0. The molecule has 2 rings (SSSR count). The van der Waals surface area contributed by atoms with E-state index in [0.29, 0.717) is 0 Å². The van der Waals surface area contributed by atoms with Gasteiger partial charge in [-0.1, -0.05) is 32.9 Å². The summed E-state index contributed by atoms with van der Waals surface area (Å²) >= 11 is 2.43. The zero-order valence-electron chi connectivity index (χ0n) is 12.3. The van der Waals surface area contributed by atoms with Crippen molar-refractivity contribution in [2.75, 3.05) is 0 Å². The minimum Gasteiger partial charge on any atom is -0.201 e. The molecular weight excluding hydrogens is 345 g/mol. The van der Waals surface area contributed by atoms with Crippen molar-refractivity contribution in [2.45, 2.75) is 33.1 Å². The standard InChI is InChI=1S/C17H21IN/c1-12-7-6-8-14(18)16(12)15-11-13(17(2,3)4)9-10-19(15)5/h6-11H,1-5H3/q+1. The van der Waals surface area contributed by atoms with Crippen LogP contribution in [0.4, 0.5) is 0 Å². The third kappa shape index (κ3) is 2.99. The highest BCUT2D eigenvalue weighted by Gasteiger charge is 2.21. The molecule has 0 aliphatic heterocycles. The maximum absolute atomic E-state index is 2.43. The minimum absolute atomic E-state index is 0.178. The molecule has 0 saturated heterocycles. The molecule has 0 radical (unpaired) electrons. The first-order chi connectivity index (χ1) is 8.80. The molecule has 19 heavy (non-hydrogen) atoms. The van der Waals surface area contributed by atoms with Crippen LogP contribution in [0.5, 0.6) is 0 Å². The van der Waals surface area contributed by atoms with E-state index >= 15 is 0 Å². The summed E-state index contributed by atoms with van der Waals surface area (Å²) in [7, 11) is 2.12. The number of hydrogen-bond donors (Lipinski definition) is 0. The maximum atomic E-state index is 2.43. The minimum atomic E-state index is 0.178. The van der Waals surface area contributed by atoms with Crippen molar-refractivity contribution in [1.82, 2.24) is 0 Å². The van der Waals surface area contributed by atoms with Crippen LogP contribution in [0.1, 0.15) is 31.9 Å². The molecule has 0 bridgehead atoms. The first-order valence-electron chi connectivity index (χ1n) is 6.56. The van der Waals surface area contributed by atoms with Gasteiger partial charge in [0.1, 0.15) is 7.05 Å². The van der Waals surface area contributed by atoms with E-state index in [0.717, 1.165) is 0 Å². The Morgan fingerprint density at radius 1 is 1.11 bits per heavy atom. The van der Waals surface area contributed by atoms with Gasteiger partial charge in [-0.25, -0.2) is 4.57 Å². The van der Waals surface area contributed by atoms with Crippen molar-refractivity contribution >= 4 is 22.6 Å². The summed E-state index contributed by atoms with van der Waals surface area (Å²) in [6.45, 7) is 8.96. The summed E-state index contributed by atoms with van der Waals surface area (Å²) in [6.07, 6.45) is 2.17. The lowest BCUT2D eigenvalue weighted by Crippen LogP contribution is -2.32. The number of benzene rings is 1. The molecule has 0 aliphatic rings. The average molecular weight is 366 g/mol. The molecule has 0 spiro atoms. The molecule has 2 heteroatoms. The first-order valence-corrected chi connectivity index (χ1v) is 7.64. The Kier molecular flexibility index (Phi) is 4.00. The number of aryl methyl sites for hydroxylation is 2. The van der Waals surface area contributed by atoms with Gasteiger partial charge in [-0.15, -0.1) is 0 Å². The van der Waals surface area contributed by atoms with Gasteiger partial charge in [-0.05, 0) is 52.1 Å². The highest BCUT2D eigenvalue weighted by Crippen LogP contribution is 2.29. The van der Waals surface area contributed by atoms with Gasteiger partial charge in [0, 0.05) is 15.7 Å². The fraction of sp³-hybridized carbons (Fsp3) is 0.353. The van der Waals surface area contributed by atoms with Crippen LogP contribution in [0.25, 0.3) is 11.3 Å². The molecule has 0 amide bonds. The van der Waals surface area contributed by atoms with Crippen LogP contribution in [-0.2, 0) is 12.5 Å². The van der Waals surface area contributed by atoms with Gasteiger partial charge >= 0.3 is 0 Å². The summed E-state index contributed by atoms with van der Waals surface area (Å²) in [4.78, 5) is 0. The second-order valence-electron chi connectivity index (χ2n) is 6.09. The number of nitrogens with zero attached hydrogens (tertiary/aromatic N) is 1. The Bertz CT molecular complexity index is 589. The van der Waals surface area contributed by atoms with Crippen molar-refractivity contribution in [2.24, 2.45) is 7.05 Å². The van der Waals surface area contributed by atoms with Crippen LogP contribution >= 0.6 is 22.6 Å². The van der Waals surface area contributed by atoms with Gasteiger partial charge in [0.2, 0.25) is 5.69 Å². The van der Waals surface area contributed by atoms with Crippen molar-refractivity contribution in [3.05, 3.63) is 51.2 Å². The molecule has 1 aromatic heterocycles. The Morgan fingerprint density at radius 3 is 2.37 bits per heavy atom. The number of pyridine rings is 1. The fourth-order valence-corrected chi connectivity index (χ4v) is 3.15. The zero-order valence-corrected chi connectivity index (χ0v) is 14.4. The van der Waals surface area contributed by atoms with Gasteiger partial charge in [-0.2, -0.15) is 0 Å². The number of halogens is 1. The molecule has 2 aromatic rings. The molecule has 0 atom stereocenters. The lowest BCUT2D eigenvalue weighted by molar-refractivity contribution is -0.660. The molecule has 0 fully saturated rings. The van der Waals surface area contributed by atoms with Crippen LogP contribution in [0.2, 0.25) is 0 Å². The summed E-state index contributed by atoms with van der Waals surface area (Å²) in [5.41, 5.74) is 5.51. The Hall–Kier alpha value is -0.900. The molecule has 100 valence electrons. The lowest BCUT2D eigenvalue weighted by Gasteiger charge is -2.19. The van der Waals surface area contributed by atoms with Crippen molar-refractivity contribution < 1.29 is 4.57 Å². The van der Waals surface area contributed by atoms with E-state index in [1.54, 1.807) is 0 Å². The van der Waals surface area contributed by atoms with E-state index < -0.39 is 0 Å². The van der Waals surface area contributed by atoms with Crippen molar-refractivity contribution in [1.29, 1.82) is 0 Å². The van der Waals surface area contributed by atoms with Crippen molar-refractivity contribution in [3.63, 3.8) is 0 Å². The maximum Gasteiger partial charge on any atom is 0.213 e. The van der Waals surface area contributed by atoms with Crippen LogP contribution in [0, 0.1) is 10.5 Å². The molecule has 0 unspecified atom stereocenters. The molecule has 1 nitrogen and oxygen atoms in total. The van der Waals surface area contributed by atoms with Gasteiger partial charge < -0.3 is 0 Å². The topological polar surface area (TPSA) is 3.88 Å². The van der Waals surface area contributed by atoms with Crippen LogP contribution in [-0.4, -0.2) is 0 Å². The molecule has 0 saturated carbocycles. The smallest absolute Gasteiger partial charge is 0.201 e. The van der Waals surface area contributed by atoms with Gasteiger partial charge in [-0.3, -0.25) is 0 Å². The molecule has 0 N–H and O–H groups in total. The van der Waals surface area contributed by atoms with Gasteiger partial charge in [0.25, 0.3) is 0 Å². The SMILES string of the molecule is Cc1cccc(I)c1-c1cc(C(C)(C)C)cc[n+]1C. The third-order valence-electron chi connectivity index (χ3n) is 3.49. The predicted molar refractivity (Wildman–Crippen MR) is 89.2 cm³/mol. The summed E-state index contributed by atoms with van der Waals surface area (Å²) in [6, 6.07) is 11.0. The molecule has 1 aromatic carbocycles. The lowest BCUT2D eigenvalue weighted by atomic mass is 9.86. The van der Waals surface area contributed by atoms with Gasteiger partial charge in [0.05, 0.1) is 5.56 Å². The second-order valence-corrected chi connectivity index (χ2v) is 7.26. The molecular formula is C17H21IN+. The van der Waals surface area contributed by atoms with Crippen LogP contribution in [0.3, 0.4) is 0 Å². The highest BCUT2D eigenvalue weighted by molar-refractivity contribution is 14.1. The van der Waals surface area contributed by atoms with Gasteiger partial charge in [0.15, 0.2) is 6.20 Å². The number of hydrogen-bond acceptors (Lipinski definition) is 0. The van der Waals surface area contributed by atoms with E-state index in [-0.39, 0.29) is 5.41 Å². The van der Waals surface area contributed by atoms with E-state index in [1.165, 1.54) is 26.0 Å². The third-order valence-corrected chi connectivity index (χ3v) is 4.39. The second kappa shape index (κ2) is 5.23. The molecule has 1 heterocycles. The van der Waals surface area contributed by atoms with Crippen molar-refractivity contribution in [3.8, 4) is 11.3 Å². The molecule has 0 aliphatic carbocycles. The largest absolute Gasteiger partial charge is 0.213 e. The van der Waals surface area contributed by atoms with E-state index in [1.807, 2.05) is 0 Å².